The van der Waals surface area contributed by atoms with Crippen molar-refractivity contribution in [1.82, 2.24) is 15.3 Å². The molecule has 0 aliphatic heterocycles. The van der Waals surface area contributed by atoms with Gasteiger partial charge in [0.1, 0.15) is 11.9 Å². The number of rotatable bonds is 7. The van der Waals surface area contributed by atoms with E-state index >= 15 is 0 Å². The summed E-state index contributed by atoms with van der Waals surface area (Å²) in [6.45, 7) is 0. The van der Waals surface area contributed by atoms with Crippen LogP contribution in [0.15, 0.2) is 72.8 Å². The lowest BCUT2D eigenvalue weighted by Gasteiger charge is -2.30. The Morgan fingerprint density at radius 1 is 0.902 bits per heavy atom. The number of para-hydroxylation sites is 1. The Kier molecular flexibility index (Phi) is 7.70. The van der Waals surface area contributed by atoms with Gasteiger partial charge >= 0.3 is 0 Å². The zero-order valence-corrected chi connectivity index (χ0v) is 23.7. The molecule has 0 spiro atoms. The largest absolute Gasteiger partial charge is 0.384 e. The normalized spacial score (nSPS) is 19.1. The first-order valence-corrected chi connectivity index (χ1v) is 14.5. The van der Waals surface area contributed by atoms with Crippen LogP contribution < -0.4 is 26.0 Å². The van der Waals surface area contributed by atoms with Gasteiger partial charge in [0, 0.05) is 37.1 Å². The number of hydrogen-bond donors (Lipinski definition) is 3. The van der Waals surface area contributed by atoms with Crippen molar-refractivity contribution >= 4 is 40.2 Å². The second-order valence-electron chi connectivity index (χ2n) is 11.3. The fourth-order valence-electron chi connectivity index (χ4n) is 6.19. The molecule has 3 aromatic carbocycles. The van der Waals surface area contributed by atoms with Crippen molar-refractivity contribution in [3.8, 4) is 0 Å². The number of hydrogen-bond acceptors (Lipinski definition) is 6. The summed E-state index contributed by atoms with van der Waals surface area (Å²) in [5, 5.41) is 21.5. The number of fused-ring (bicyclic) bond motifs is 2. The number of carbonyl (C=O) groups excluding carboxylic acids is 1. The van der Waals surface area contributed by atoms with Crippen LogP contribution in [0.3, 0.4) is 0 Å². The van der Waals surface area contributed by atoms with Crippen LogP contribution in [0.5, 0.6) is 0 Å². The Bertz CT molecular complexity index is 1690. The molecule has 2 aliphatic carbocycles. The highest BCUT2D eigenvalue weighted by molar-refractivity contribution is 5.96. The summed E-state index contributed by atoms with van der Waals surface area (Å²) in [6.07, 6.45) is 6.61. The van der Waals surface area contributed by atoms with Gasteiger partial charge in [-0.05, 0) is 78.3 Å². The van der Waals surface area contributed by atoms with E-state index < -0.39 is 6.10 Å². The number of aromatic nitrogens is 2. The van der Waals surface area contributed by atoms with Crippen LogP contribution in [0, 0.1) is 0 Å². The lowest BCUT2D eigenvalue weighted by Crippen LogP contribution is -2.40. The quantitative estimate of drug-likeness (QED) is 0.320. The van der Waals surface area contributed by atoms with Gasteiger partial charge in [-0.25, -0.2) is 4.98 Å². The monoisotopic (exact) mass is 547 g/mol. The molecular formula is C34H37N5O2. The topological polar surface area (TPSA) is 90.4 Å². The van der Waals surface area contributed by atoms with Gasteiger partial charge in [0.25, 0.3) is 5.91 Å². The number of aliphatic hydroxyl groups is 1. The van der Waals surface area contributed by atoms with E-state index in [0.29, 0.717) is 17.1 Å². The fraction of sp³-hybridized carbons (Fsp3) is 0.324. The number of nitrogens with one attached hydrogen (secondary N) is 2. The lowest BCUT2D eigenvalue weighted by molar-refractivity contribution is 0.0922. The predicted molar refractivity (Wildman–Crippen MR) is 165 cm³/mol. The molecule has 1 unspecified atom stereocenters. The molecule has 0 bridgehead atoms. The summed E-state index contributed by atoms with van der Waals surface area (Å²) in [6, 6.07) is 24.0. The Morgan fingerprint density at radius 3 is 2.44 bits per heavy atom. The zero-order chi connectivity index (χ0) is 28.3. The summed E-state index contributed by atoms with van der Waals surface area (Å²) >= 11 is 0. The highest BCUT2D eigenvalue weighted by Gasteiger charge is 2.26. The molecule has 1 saturated carbocycles. The van der Waals surface area contributed by atoms with Crippen molar-refractivity contribution in [1.29, 1.82) is 0 Å². The van der Waals surface area contributed by atoms with Crippen LogP contribution >= 0.6 is 0 Å². The third-order valence-corrected chi connectivity index (χ3v) is 8.32. The van der Waals surface area contributed by atoms with Crippen LogP contribution in [0.4, 0.5) is 11.8 Å². The Morgan fingerprint density at radius 2 is 1.61 bits per heavy atom. The van der Waals surface area contributed by atoms with E-state index in [-0.39, 0.29) is 18.0 Å². The highest BCUT2D eigenvalue weighted by Crippen LogP contribution is 2.30. The Balaban J connectivity index is 1.12. The van der Waals surface area contributed by atoms with E-state index in [0.717, 1.165) is 71.3 Å². The van der Waals surface area contributed by atoms with Crippen LogP contribution in [0.2, 0.25) is 0 Å². The summed E-state index contributed by atoms with van der Waals surface area (Å²) in [7, 11) is 3.99. The van der Waals surface area contributed by atoms with Crippen molar-refractivity contribution in [3.05, 3.63) is 94.4 Å². The van der Waals surface area contributed by atoms with E-state index in [4.69, 9.17) is 9.97 Å². The molecule has 0 saturated heterocycles. The number of nitrogens with zero attached hydrogens (tertiary/aromatic N) is 3. The molecule has 41 heavy (non-hydrogen) atoms. The first-order valence-electron chi connectivity index (χ1n) is 14.5. The second kappa shape index (κ2) is 11.7. The molecule has 1 heterocycles. The first-order chi connectivity index (χ1) is 20.0. The third kappa shape index (κ3) is 5.68. The molecule has 1 atom stereocenters. The zero-order valence-electron chi connectivity index (χ0n) is 23.7. The van der Waals surface area contributed by atoms with Gasteiger partial charge in [0.05, 0.1) is 5.52 Å². The van der Waals surface area contributed by atoms with Crippen molar-refractivity contribution in [2.75, 3.05) is 24.3 Å². The maximum absolute atomic E-state index is 13.5. The fourth-order valence-corrected chi connectivity index (χ4v) is 6.19. The van der Waals surface area contributed by atoms with Gasteiger partial charge in [-0.3, -0.25) is 4.79 Å². The van der Waals surface area contributed by atoms with Gasteiger partial charge in [0.15, 0.2) is 0 Å². The van der Waals surface area contributed by atoms with Crippen molar-refractivity contribution in [2.24, 2.45) is 0 Å². The molecule has 1 amide bonds. The molecule has 7 heteroatoms. The molecule has 1 fully saturated rings. The Hall–Kier alpha value is -4.23. The number of aliphatic hydroxyl groups excluding tert-OH is 1. The number of benzene rings is 3. The maximum atomic E-state index is 13.5. The van der Waals surface area contributed by atoms with Crippen LogP contribution in [-0.2, 0) is 0 Å². The first kappa shape index (κ1) is 27.0. The molecular weight excluding hydrogens is 510 g/mol. The molecule has 4 aromatic rings. The summed E-state index contributed by atoms with van der Waals surface area (Å²) in [5.74, 6) is 1.41. The summed E-state index contributed by atoms with van der Waals surface area (Å²) in [5.41, 5.74) is 3.10. The summed E-state index contributed by atoms with van der Waals surface area (Å²) < 4.78 is 0. The number of amides is 1. The molecule has 2 aliphatic rings. The van der Waals surface area contributed by atoms with Crippen LogP contribution in [0.25, 0.3) is 22.6 Å². The Labute approximate surface area is 240 Å². The molecule has 7 nitrogen and oxygen atoms in total. The van der Waals surface area contributed by atoms with E-state index in [1.54, 1.807) is 0 Å². The van der Waals surface area contributed by atoms with E-state index in [9.17, 15) is 9.90 Å². The van der Waals surface area contributed by atoms with Gasteiger partial charge in [-0.1, -0.05) is 60.7 Å². The molecule has 3 N–H and O–H groups in total. The number of anilines is 2. The van der Waals surface area contributed by atoms with E-state index in [1.165, 1.54) is 0 Å². The van der Waals surface area contributed by atoms with Crippen molar-refractivity contribution < 1.29 is 9.90 Å². The van der Waals surface area contributed by atoms with Gasteiger partial charge in [-0.2, -0.15) is 4.98 Å². The smallest absolute Gasteiger partial charge is 0.251 e. The summed E-state index contributed by atoms with van der Waals surface area (Å²) in [4.78, 5) is 25.0. The van der Waals surface area contributed by atoms with Gasteiger partial charge < -0.3 is 20.6 Å². The molecule has 0 radical (unpaired) electrons. The predicted octanol–water partition coefficient (Wildman–Crippen LogP) is 4.31. The third-order valence-electron chi connectivity index (χ3n) is 8.32. The maximum Gasteiger partial charge on any atom is 0.251 e. The standard InChI is InChI=1S/C34H37N5O2/c1-39(2)32-29-15-7-8-17-30(29)37-34(38-32)36-24-20-18-23(19-21-24)35-33(41)28-14-6-5-13-27(28)31(40)26-16-9-11-22-10-3-4-12-25(22)26/h3-8,10-15,17,23-24,31,40H,9,16,18-21H2,1-2H3,(H,35,41)(H,36,37,38). The SMILES string of the molecule is CN(C)c1nc(NC2CCC(NC(=O)c3ccccc3C(O)C3=c4ccccc4=CCC3)CC2)nc2ccccc12. The second-order valence-corrected chi connectivity index (χ2v) is 11.3. The van der Waals surface area contributed by atoms with Gasteiger partial charge in [0.2, 0.25) is 5.95 Å². The average molecular weight is 548 g/mol. The van der Waals surface area contributed by atoms with E-state index in [2.05, 4.69) is 28.8 Å². The molecule has 6 rings (SSSR count). The minimum absolute atomic E-state index is 0.0817. The van der Waals surface area contributed by atoms with Crippen molar-refractivity contribution in [2.45, 2.75) is 56.7 Å². The molecule has 1 aromatic heterocycles. The molecule has 210 valence electrons. The minimum Gasteiger partial charge on any atom is -0.384 e. The minimum atomic E-state index is -0.819. The van der Waals surface area contributed by atoms with E-state index in [1.807, 2.05) is 79.7 Å². The van der Waals surface area contributed by atoms with Crippen LogP contribution in [0.1, 0.15) is 60.6 Å². The number of carbonyl (C=O) groups is 1. The van der Waals surface area contributed by atoms with Crippen molar-refractivity contribution in [3.63, 3.8) is 0 Å². The van der Waals surface area contributed by atoms with Gasteiger partial charge in [-0.15, -0.1) is 0 Å². The average Bonchev–Trinajstić information content (AvgIpc) is 3.01. The lowest BCUT2D eigenvalue weighted by atomic mass is 9.88. The highest BCUT2D eigenvalue weighted by atomic mass is 16.3. The van der Waals surface area contributed by atoms with Crippen LogP contribution in [-0.4, -0.2) is 47.2 Å².